The molecule has 2 aliphatic rings. The second-order valence-electron chi connectivity index (χ2n) is 10.9. The zero-order valence-corrected chi connectivity index (χ0v) is 21.6. The van der Waals surface area contributed by atoms with Crippen LogP contribution in [-0.2, 0) is 17.4 Å². The third kappa shape index (κ3) is 6.81. The van der Waals surface area contributed by atoms with Gasteiger partial charge in [-0.2, -0.15) is 18.2 Å². The van der Waals surface area contributed by atoms with Gasteiger partial charge in [-0.05, 0) is 36.3 Å². The first-order chi connectivity index (χ1) is 17.4. The Balaban J connectivity index is 1.39. The molecule has 2 aromatic rings. The van der Waals surface area contributed by atoms with E-state index in [1.807, 2.05) is 25.7 Å². The van der Waals surface area contributed by atoms with Crippen LogP contribution in [0.2, 0.25) is 0 Å². The molecule has 8 nitrogen and oxygen atoms in total. The van der Waals surface area contributed by atoms with Crippen LogP contribution in [0.25, 0.3) is 0 Å². The minimum absolute atomic E-state index is 0.0648. The number of alkyl halides is 3. The molecule has 4 rings (SSSR count). The predicted molar refractivity (Wildman–Crippen MR) is 133 cm³/mol. The van der Waals surface area contributed by atoms with Crippen LogP contribution in [-0.4, -0.2) is 65.8 Å². The summed E-state index contributed by atoms with van der Waals surface area (Å²) in [7, 11) is 0. The molecule has 0 unspecified atom stereocenters. The van der Waals surface area contributed by atoms with Crippen molar-refractivity contribution in [3.63, 3.8) is 0 Å². The van der Waals surface area contributed by atoms with Crippen LogP contribution < -0.4 is 9.80 Å². The second-order valence-corrected chi connectivity index (χ2v) is 10.9. The van der Waals surface area contributed by atoms with Crippen molar-refractivity contribution in [1.82, 2.24) is 14.9 Å². The molecule has 0 aromatic carbocycles. The van der Waals surface area contributed by atoms with E-state index in [9.17, 15) is 22.8 Å². The average molecular weight is 522 g/mol. The fourth-order valence-electron chi connectivity index (χ4n) is 4.63. The number of piperidine rings is 1. The highest BCUT2D eigenvalue weighted by molar-refractivity contribution is 5.96. The molecular weight excluding hydrogens is 487 g/mol. The van der Waals surface area contributed by atoms with E-state index in [0.29, 0.717) is 57.1 Å². The number of hydrogen-bond acceptors (Lipinski definition) is 7. The molecule has 37 heavy (non-hydrogen) atoms. The standard InChI is InChI=1S/C26H34F3N5O3/c1-25(2,3)16-21(36)33-13-11-32(12-14-33)20-8-7-18(17-30-20)15-19(35)22-23(26(27,28)29)31-24(37-22)34-9-5-4-6-10-34/h7-8,17H,4-6,9-16H2,1-3H3. The van der Waals surface area contributed by atoms with Crippen molar-refractivity contribution < 1.29 is 27.2 Å². The number of carbonyl (C=O) groups is 2. The quantitative estimate of drug-likeness (QED) is 0.515. The number of amides is 1. The van der Waals surface area contributed by atoms with Crippen LogP contribution in [0.3, 0.4) is 0 Å². The van der Waals surface area contributed by atoms with Crippen LogP contribution >= 0.6 is 0 Å². The Morgan fingerprint density at radius 2 is 1.62 bits per heavy atom. The fraction of sp³-hybridized carbons (Fsp3) is 0.615. The van der Waals surface area contributed by atoms with E-state index in [0.717, 1.165) is 19.3 Å². The number of hydrogen-bond donors (Lipinski definition) is 0. The number of nitrogens with zero attached hydrogens (tertiary/aromatic N) is 5. The molecule has 1 amide bonds. The molecule has 0 atom stereocenters. The monoisotopic (exact) mass is 521 g/mol. The van der Waals surface area contributed by atoms with Crippen LogP contribution in [0.5, 0.6) is 0 Å². The summed E-state index contributed by atoms with van der Waals surface area (Å²) in [4.78, 5) is 38.9. The molecule has 0 N–H and O–H groups in total. The molecule has 0 spiro atoms. The summed E-state index contributed by atoms with van der Waals surface area (Å²) in [6.45, 7) is 9.68. The lowest BCUT2D eigenvalue weighted by Gasteiger charge is -2.36. The maximum Gasteiger partial charge on any atom is 0.437 e. The Morgan fingerprint density at radius 3 is 2.19 bits per heavy atom. The van der Waals surface area contributed by atoms with Crippen LogP contribution in [0.15, 0.2) is 22.7 Å². The Labute approximate surface area is 214 Å². The summed E-state index contributed by atoms with van der Waals surface area (Å²) in [6.07, 6.45) is -0.390. The van der Waals surface area contributed by atoms with Gasteiger partial charge in [0.25, 0.3) is 6.01 Å². The highest BCUT2D eigenvalue weighted by atomic mass is 19.4. The zero-order valence-electron chi connectivity index (χ0n) is 21.6. The van der Waals surface area contributed by atoms with Gasteiger partial charge in [-0.15, -0.1) is 0 Å². The number of rotatable bonds is 6. The first kappa shape index (κ1) is 26.9. The van der Waals surface area contributed by atoms with E-state index < -0.39 is 23.4 Å². The van der Waals surface area contributed by atoms with E-state index in [1.54, 1.807) is 17.0 Å². The third-order valence-corrected chi connectivity index (χ3v) is 6.58. The van der Waals surface area contributed by atoms with Gasteiger partial charge in [-0.3, -0.25) is 9.59 Å². The summed E-state index contributed by atoms with van der Waals surface area (Å²) < 4.78 is 46.2. The van der Waals surface area contributed by atoms with Gasteiger partial charge in [-0.25, -0.2) is 4.98 Å². The number of halogens is 3. The fourth-order valence-corrected chi connectivity index (χ4v) is 4.63. The van der Waals surface area contributed by atoms with Crippen molar-refractivity contribution in [2.75, 3.05) is 49.1 Å². The molecule has 0 aliphatic carbocycles. The molecule has 2 fully saturated rings. The Morgan fingerprint density at radius 1 is 0.946 bits per heavy atom. The summed E-state index contributed by atoms with van der Waals surface area (Å²) in [6, 6.07) is 3.29. The highest BCUT2D eigenvalue weighted by Gasteiger charge is 2.41. The van der Waals surface area contributed by atoms with E-state index >= 15 is 0 Å². The van der Waals surface area contributed by atoms with Gasteiger partial charge in [0.15, 0.2) is 5.69 Å². The third-order valence-electron chi connectivity index (χ3n) is 6.58. The lowest BCUT2D eigenvalue weighted by Crippen LogP contribution is -2.49. The molecule has 2 saturated heterocycles. The SMILES string of the molecule is CC(C)(C)CC(=O)N1CCN(c2ccc(CC(=O)c3oc(N4CCCCC4)nc3C(F)(F)F)cn2)CC1. The molecule has 202 valence electrons. The first-order valence-corrected chi connectivity index (χ1v) is 12.7. The van der Waals surface area contributed by atoms with Crippen molar-refractivity contribution in [1.29, 1.82) is 0 Å². The molecule has 4 heterocycles. The van der Waals surface area contributed by atoms with Crippen molar-refractivity contribution in [2.24, 2.45) is 5.41 Å². The maximum absolute atomic E-state index is 13.6. The normalized spacial score (nSPS) is 17.3. The summed E-state index contributed by atoms with van der Waals surface area (Å²) >= 11 is 0. The Hall–Kier alpha value is -3.11. The van der Waals surface area contributed by atoms with Crippen LogP contribution in [0, 0.1) is 5.41 Å². The summed E-state index contributed by atoms with van der Waals surface area (Å²) in [5.74, 6) is -0.706. The van der Waals surface area contributed by atoms with E-state index in [2.05, 4.69) is 14.9 Å². The van der Waals surface area contributed by atoms with Gasteiger partial charge in [0.1, 0.15) is 5.82 Å². The Bertz CT molecular complexity index is 1090. The van der Waals surface area contributed by atoms with Gasteiger partial charge in [0.2, 0.25) is 17.5 Å². The minimum Gasteiger partial charge on any atom is -0.420 e. The molecule has 11 heteroatoms. The molecule has 0 radical (unpaired) electrons. The average Bonchev–Trinajstić information content (AvgIpc) is 3.31. The Kier molecular flexibility index (Phi) is 7.80. The smallest absolute Gasteiger partial charge is 0.420 e. The number of piperazine rings is 1. The molecule has 0 bridgehead atoms. The summed E-state index contributed by atoms with van der Waals surface area (Å²) in [5, 5.41) is 0. The topological polar surface area (TPSA) is 82.8 Å². The lowest BCUT2D eigenvalue weighted by molar-refractivity contribution is -0.141. The number of pyridine rings is 1. The molecular formula is C26H34F3N5O3. The number of Topliss-reactive ketones (excluding diaryl/α,β-unsaturated/α-hetero) is 1. The minimum atomic E-state index is -4.79. The summed E-state index contributed by atoms with van der Waals surface area (Å²) in [5.41, 5.74) is -0.858. The van der Waals surface area contributed by atoms with Gasteiger partial charge in [0, 0.05) is 58.3 Å². The first-order valence-electron chi connectivity index (χ1n) is 12.7. The van der Waals surface area contributed by atoms with Gasteiger partial charge < -0.3 is 19.1 Å². The maximum atomic E-state index is 13.6. The van der Waals surface area contributed by atoms with Crippen LogP contribution in [0.1, 0.15) is 68.3 Å². The number of anilines is 2. The second kappa shape index (κ2) is 10.7. The number of oxazole rings is 1. The number of carbonyl (C=O) groups excluding carboxylic acids is 2. The highest BCUT2D eigenvalue weighted by Crippen LogP contribution is 2.35. The van der Waals surface area contributed by atoms with E-state index in [4.69, 9.17) is 4.42 Å². The van der Waals surface area contributed by atoms with Crippen molar-refractivity contribution in [3.05, 3.63) is 35.3 Å². The predicted octanol–water partition coefficient (Wildman–Crippen LogP) is 4.59. The van der Waals surface area contributed by atoms with E-state index in [1.165, 1.54) is 6.20 Å². The molecule has 2 aliphatic heterocycles. The van der Waals surface area contributed by atoms with Crippen molar-refractivity contribution in [2.45, 2.75) is 59.1 Å². The van der Waals surface area contributed by atoms with Crippen molar-refractivity contribution >= 4 is 23.5 Å². The molecule has 2 aromatic heterocycles. The van der Waals surface area contributed by atoms with Gasteiger partial charge in [-0.1, -0.05) is 26.8 Å². The van der Waals surface area contributed by atoms with Gasteiger partial charge in [0.05, 0.1) is 0 Å². The van der Waals surface area contributed by atoms with Crippen LogP contribution in [0.4, 0.5) is 25.0 Å². The number of aromatic nitrogens is 2. The lowest BCUT2D eigenvalue weighted by atomic mass is 9.91. The van der Waals surface area contributed by atoms with Gasteiger partial charge >= 0.3 is 6.18 Å². The molecule has 0 saturated carbocycles. The van der Waals surface area contributed by atoms with E-state index in [-0.39, 0.29) is 23.8 Å². The number of ketones is 1. The van der Waals surface area contributed by atoms with Crippen molar-refractivity contribution in [3.8, 4) is 0 Å². The zero-order chi connectivity index (χ0) is 26.8. The largest absolute Gasteiger partial charge is 0.437 e.